The lowest BCUT2D eigenvalue weighted by molar-refractivity contribution is -0.136. The first-order valence-corrected chi connectivity index (χ1v) is 12.4. The molecule has 0 fully saturated rings. The van der Waals surface area contributed by atoms with Crippen LogP contribution in [0.5, 0.6) is 5.75 Å². The number of carbonyl (C=O) groups excluding carboxylic acids is 1. The minimum absolute atomic E-state index is 0.0666. The van der Waals surface area contributed by atoms with E-state index in [0.29, 0.717) is 24.1 Å². The molecule has 1 heterocycles. The molecule has 0 aliphatic rings. The minimum atomic E-state index is -4.51. The van der Waals surface area contributed by atoms with Gasteiger partial charge in [-0.25, -0.2) is 0 Å². The van der Waals surface area contributed by atoms with Gasteiger partial charge in [0.05, 0.1) is 11.1 Å². The van der Waals surface area contributed by atoms with Crippen molar-refractivity contribution in [3.8, 4) is 16.9 Å². The number of anilines is 1. The highest BCUT2D eigenvalue weighted by Crippen LogP contribution is 2.39. The first-order chi connectivity index (χ1) is 18.8. The van der Waals surface area contributed by atoms with E-state index in [1.54, 1.807) is 24.4 Å². The van der Waals surface area contributed by atoms with Crippen LogP contribution in [0, 0.1) is 0 Å². The topological polar surface area (TPSA) is 51.2 Å². The van der Waals surface area contributed by atoms with Crippen molar-refractivity contribution < 1.29 is 22.7 Å². The summed E-state index contributed by atoms with van der Waals surface area (Å²) in [5, 5.41) is 3.84. The standard InChI is InChI=1S/C32H25F3N2O2/c1-21(38)39-27-15-13-23(14-16-27)19-36-26-10-5-9-24(18-26)30-25(17-22-7-3-2-4-8-22)20-37-31-28(30)11-6-12-29(31)32(33,34)35/h2-16,18,20,36H,17,19H2,1H3. The lowest BCUT2D eigenvalue weighted by Gasteiger charge is -2.17. The van der Waals surface area contributed by atoms with Gasteiger partial charge in [-0.3, -0.25) is 9.78 Å². The molecule has 0 atom stereocenters. The van der Waals surface area contributed by atoms with E-state index < -0.39 is 11.7 Å². The molecule has 5 rings (SSSR count). The molecule has 0 saturated heterocycles. The number of hydrogen-bond acceptors (Lipinski definition) is 4. The van der Waals surface area contributed by atoms with E-state index in [2.05, 4.69) is 10.3 Å². The van der Waals surface area contributed by atoms with E-state index in [1.165, 1.54) is 13.0 Å². The Morgan fingerprint density at radius 1 is 0.872 bits per heavy atom. The van der Waals surface area contributed by atoms with E-state index in [9.17, 15) is 18.0 Å². The third-order valence-electron chi connectivity index (χ3n) is 6.35. The normalized spacial score (nSPS) is 11.4. The highest BCUT2D eigenvalue weighted by atomic mass is 19.4. The minimum Gasteiger partial charge on any atom is -0.427 e. The summed E-state index contributed by atoms with van der Waals surface area (Å²) in [6.45, 7) is 1.86. The Morgan fingerprint density at radius 3 is 2.33 bits per heavy atom. The van der Waals surface area contributed by atoms with Gasteiger partial charge in [-0.2, -0.15) is 13.2 Å². The van der Waals surface area contributed by atoms with E-state index in [1.807, 2.05) is 66.7 Å². The molecule has 4 nitrogen and oxygen atoms in total. The number of benzene rings is 4. The third kappa shape index (κ3) is 6.09. The molecule has 0 aliphatic heterocycles. The van der Waals surface area contributed by atoms with Gasteiger partial charge >= 0.3 is 12.1 Å². The van der Waals surface area contributed by atoms with Crippen molar-refractivity contribution in [2.45, 2.75) is 26.1 Å². The van der Waals surface area contributed by atoms with Gasteiger partial charge in [0.15, 0.2) is 0 Å². The third-order valence-corrected chi connectivity index (χ3v) is 6.35. The zero-order chi connectivity index (χ0) is 27.4. The van der Waals surface area contributed by atoms with Crippen LogP contribution in [-0.4, -0.2) is 11.0 Å². The molecule has 1 aromatic heterocycles. The number of para-hydroxylation sites is 1. The molecular weight excluding hydrogens is 501 g/mol. The Morgan fingerprint density at radius 2 is 1.62 bits per heavy atom. The van der Waals surface area contributed by atoms with Crippen molar-refractivity contribution in [3.63, 3.8) is 0 Å². The molecule has 0 spiro atoms. The number of nitrogens with zero attached hydrogens (tertiary/aromatic N) is 1. The summed E-state index contributed by atoms with van der Waals surface area (Å²) in [5.41, 5.74) is 4.38. The van der Waals surface area contributed by atoms with E-state index in [0.717, 1.165) is 39.6 Å². The Labute approximate surface area is 224 Å². The SMILES string of the molecule is CC(=O)Oc1ccc(CNc2cccc(-c3c(Cc4ccccc4)cnc4c(C(F)(F)F)cccc34)c2)cc1. The predicted molar refractivity (Wildman–Crippen MR) is 147 cm³/mol. The number of halogens is 3. The Bertz CT molecular complexity index is 1620. The second-order valence-electron chi connectivity index (χ2n) is 9.19. The van der Waals surface area contributed by atoms with Crippen molar-refractivity contribution in [2.75, 3.05) is 5.32 Å². The Kier molecular flexibility index (Phi) is 7.32. The van der Waals surface area contributed by atoms with Crippen LogP contribution in [0.25, 0.3) is 22.0 Å². The van der Waals surface area contributed by atoms with Crippen molar-refractivity contribution in [1.29, 1.82) is 0 Å². The molecule has 39 heavy (non-hydrogen) atoms. The Balaban J connectivity index is 1.52. The zero-order valence-electron chi connectivity index (χ0n) is 21.1. The summed E-state index contributed by atoms with van der Waals surface area (Å²) < 4.78 is 46.6. The fraction of sp³-hybridized carbons (Fsp3) is 0.125. The maximum atomic E-state index is 13.8. The fourth-order valence-corrected chi connectivity index (χ4v) is 4.61. The molecule has 1 N–H and O–H groups in total. The summed E-state index contributed by atoms with van der Waals surface area (Å²) >= 11 is 0. The van der Waals surface area contributed by atoms with Crippen LogP contribution in [0.1, 0.15) is 29.2 Å². The molecule has 0 radical (unpaired) electrons. The predicted octanol–water partition coefficient (Wildman–Crippen LogP) is 8.05. The van der Waals surface area contributed by atoms with Gasteiger partial charge in [-0.15, -0.1) is 0 Å². The fourth-order valence-electron chi connectivity index (χ4n) is 4.61. The lowest BCUT2D eigenvalue weighted by atomic mass is 9.91. The number of hydrogen-bond donors (Lipinski definition) is 1. The largest absolute Gasteiger partial charge is 0.427 e. The van der Waals surface area contributed by atoms with Crippen LogP contribution in [0.4, 0.5) is 18.9 Å². The number of ether oxygens (including phenoxy) is 1. The average Bonchev–Trinajstić information content (AvgIpc) is 2.92. The number of pyridine rings is 1. The molecule has 0 amide bonds. The highest BCUT2D eigenvalue weighted by Gasteiger charge is 2.33. The number of carbonyl (C=O) groups is 1. The molecule has 7 heteroatoms. The molecule has 0 aliphatic carbocycles. The molecule has 196 valence electrons. The quantitative estimate of drug-likeness (QED) is 0.172. The van der Waals surface area contributed by atoms with Crippen LogP contribution >= 0.6 is 0 Å². The maximum absolute atomic E-state index is 13.8. The monoisotopic (exact) mass is 526 g/mol. The van der Waals surface area contributed by atoms with Crippen molar-refractivity contribution in [3.05, 3.63) is 126 Å². The molecule has 4 aromatic carbocycles. The van der Waals surface area contributed by atoms with Gasteiger partial charge in [-0.1, -0.05) is 66.7 Å². The summed E-state index contributed by atoms with van der Waals surface area (Å²) in [6, 6.07) is 28.8. The molecular formula is C32H25F3N2O2. The second-order valence-corrected chi connectivity index (χ2v) is 9.19. The van der Waals surface area contributed by atoms with E-state index in [4.69, 9.17) is 4.74 Å². The highest BCUT2D eigenvalue weighted by molar-refractivity contribution is 5.98. The van der Waals surface area contributed by atoms with Gasteiger partial charge in [0.2, 0.25) is 0 Å². The summed E-state index contributed by atoms with van der Waals surface area (Å²) in [7, 11) is 0. The maximum Gasteiger partial charge on any atom is 0.418 e. The summed E-state index contributed by atoms with van der Waals surface area (Å²) in [6.07, 6.45) is -2.43. The molecule has 0 unspecified atom stereocenters. The number of alkyl halides is 3. The summed E-state index contributed by atoms with van der Waals surface area (Å²) in [5.74, 6) is 0.0947. The molecule has 5 aromatic rings. The number of aromatic nitrogens is 1. The van der Waals surface area contributed by atoms with Crippen LogP contribution in [0.2, 0.25) is 0 Å². The second kappa shape index (κ2) is 11.0. The van der Waals surface area contributed by atoms with Crippen molar-refractivity contribution >= 4 is 22.6 Å². The van der Waals surface area contributed by atoms with Crippen LogP contribution < -0.4 is 10.1 Å². The first-order valence-electron chi connectivity index (χ1n) is 12.4. The van der Waals surface area contributed by atoms with Crippen molar-refractivity contribution in [1.82, 2.24) is 4.98 Å². The molecule has 0 saturated carbocycles. The van der Waals surface area contributed by atoms with Crippen molar-refractivity contribution in [2.24, 2.45) is 0 Å². The first kappa shape index (κ1) is 26.0. The van der Waals surface area contributed by atoms with Gasteiger partial charge in [0, 0.05) is 30.7 Å². The van der Waals surface area contributed by atoms with Crippen LogP contribution in [-0.2, 0) is 23.9 Å². The average molecular weight is 527 g/mol. The zero-order valence-corrected chi connectivity index (χ0v) is 21.1. The Hall–Kier alpha value is -4.65. The van der Waals surface area contributed by atoms with Gasteiger partial charge < -0.3 is 10.1 Å². The number of fused-ring (bicyclic) bond motifs is 1. The van der Waals surface area contributed by atoms with Crippen LogP contribution in [0.15, 0.2) is 103 Å². The smallest absolute Gasteiger partial charge is 0.418 e. The van der Waals surface area contributed by atoms with Crippen LogP contribution in [0.3, 0.4) is 0 Å². The number of nitrogens with one attached hydrogen (secondary N) is 1. The van der Waals surface area contributed by atoms with E-state index in [-0.39, 0.29) is 11.5 Å². The summed E-state index contributed by atoms with van der Waals surface area (Å²) in [4.78, 5) is 15.4. The van der Waals surface area contributed by atoms with Gasteiger partial charge in [0.25, 0.3) is 0 Å². The van der Waals surface area contributed by atoms with Gasteiger partial charge in [-0.05, 0) is 64.6 Å². The number of rotatable bonds is 7. The van der Waals surface area contributed by atoms with Gasteiger partial charge in [0.1, 0.15) is 5.75 Å². The number of esters is 1. The lowest BCUT2D eigenvalue weighted by Crippen LogP contribution is -2.07. The molecule has 0 bridgehead atoms. The van der Waals surface area contributed by atoms with E-state index >= 15 is 0 Å².